The van der Waals surface area contributed by atoms with E-state index in [9.17, 15) is 18.4 Å². The summed E-state index contributed by atoms with van der Waals surface area (Å²) in [7, 11) is 0. The number of nitrogens with one attached hydrogen (secondary N) is 2. The first-order valence-corrected chi connectivity index (χ1v) is 9.42. The van der Waals surface area contributed by atoms with Crippen molar-refractivity contribution in [2.24, 2.45) is 23.2 Å². The number of carbonyl (C=O) groups is 2. The zero-order chi connectivity index (χ0) is 18.3. The zero-order valence-corrected chi connectivity index (χ0v) is 14.7. The third kappa shape index (κ3) is 3.46. The molecule has 6 heteroatoms. The minimum Gasteiger partial charge on any atom is -0.354 e. The predicted octanol–water partition coefficient (Wildman–Crippen LogP) is 3.03. The van der Waals surface area contributed by atoms with E-state index < -0.39 is 17.5 Å². The van der Waals surface area contributed by atoms with Crippen molar-refractivity contribution < 1.29 is 18.4 Å². The summed E-state index contributed by atoms with van der Waals surface area (Å²) in [6.45, 7) is 0.456. The van der Waals surface area contributed by atoms with Crippen LogP contribution in [0.25, 0.3) is 0 Å². The molecule has 26 heavy (non-hydrogen) atoms. The molecule has 0 aromatic heterocycles. The van der Waals surface area contributed by atoms with Crippen LogP contribution in [0.2, 0.25) is 0 Å². The van der Waals surface area contributed by atoms with Crippen LogP contribution in [0.15, 0.2) is 18.2 Å². The van der Waals surface area contributed by atoms with Crippen molar-refractivity contribution in [2.45, 2.75) is 38.5 Å². The molecule has 4 aliphatic carbocycles. The number of hydrogen-bond donors (Lipinski definition) is 2. The topological polar surface area (TPSA) is 58.2 Å². The first-order valence-electron chi connectivity index (χ1n) is 9.42. The quantitative estimate of drug-likeness (QED) is 0.846. The van der Waals surface area contributed by atoms with Gasteiger partial charge in [-0.2, -0.15) is 0 Å². The van der Waals surface area contributed by atoms with Gasteiger partial charge in [-0.05, 0) is 73.8 Å². The highest BCUT2D eigenvalue weighted by molar-refractivity contribution is 5.96. The average Bonchev–Trinajstić information content (AvgIpc) is 2.57. The van der Waals surface area contributed by atoms with Crippen molar-refractivity contribution in [3.05, 3.63) is 35.4 Å². The van der Waals surface area contributed by atoms with E-state index in [1.165, 1.54) is 38.5 Å². The van der Waals surface area contributed by atoms with Crippen LogP contribution in [0.4, 0.5) is 8.78 Å². The molecular weight excluding hydrogens is 338 g/mol. The van der Waals surface area contributed by atoms with Gasteiger partial charge < -0.3 is 10.6 Å². The van der Waals surface area contributed by atoms with E-state index in [1.54, 1.807) is 0 Å². The third-order valence-electron chi connectivity index (χ3n) is 6.41. The second-order valence-electron chi connectivity index (χ2n) is 8.50. The Hall–Kier alpha value is -1.98. The number of rotatable bonds is 5. The van der Waals surface area contributed by atoms with Crippen LogP contribution >= 0.6 is 0 Å². The first kappa shape index (κ1) is 17.4. The molecule has 0 unspecified atom stereocenters. The van der Waals surface area contributed by atoms with E-state index in [0.717, 1.165) is 29.9 Å². The molecule has 4 fully saturated rings. The lowest BCUT2D eigenvalue weighted by molar-refractivity contribution is -0.122. The number of amides is 2. The maximum absolute atomic E-state index is 13.6. The van der Waals surface area contributed by atoms with Crippen LogP contribution in [-0.4, -0.2) is 24.9 Å². The Morgan fingerprint density at radius 3 is 2.19 bits per heavy atom. The maximum atomic E-state index is 13.6. The van der Waals surface area contributed by atoms with Crippen molar-refractivity contribution in [1.29, 1.82) is 0 Å². The van der Waals surface area contributed by atoms with Crippen molar-refractivity contribution >= 4 is 11.8 Å². The lowest BCUT2D eigenvalue weighted by atomic mass is 9.49. The van der Waals surface area contributed by atoms with Crippen LogP contribution in [0, 0.1) is 34.8 Å². The van der Waals surface area contributed by atoms with Gasteiger partial charge in [-0.3, -0.25) is 9.59 Å². The van der Waals surface area contributed by atoms with E-state index in [0.29, 0.717) is 12.6 Å². The molecule has 0 heterocycles. The molecule has 0 atom stereocenters. The minimum absolute atomic E-state index is 0.206. The van der Waals surface area contributed by atoms with E-state index in [1.807, 2.05) is 0 Å². The Morgan fingerprint density at radius 1 is 1.00 bits per heavy atom. The summed E-state index contributed by atoms with van der Waals surface area (Å²) in [5.41, 5.74) is -0.0300. The number of benzene rings is 1. The maximum Gasteiger partial charge on any atom is 0.254 e. The molecule has 0 saturated heterocycles. The fraction of sp³-hybridized carbons (Fsp3) is 0.600. The molecule has 1 aromatic rings. The van der Waals surface area contributed by atoms with E-state index in [-0.39, 0.29) is 23.4 Å². The molecule has 140 valence electrons. The average molecular weight is 362 g/mol. The molecule has 0 aliphatic heterocycles. The van der Waals surface area contributed by atoms with Gasteiger partial charge in [-0.25, -0.2) is 8.78 Å². The molecule has 2 N–H and O–H groups in total. The second kappa shape index (κ2) is 6.63. The molecular formula is C20H24F2N2O2. The Bertz CT molecular complexity index is 699. The summed E-state index contributed by atoms with van der Waals surface area (Å²) in [5.74, 6) is -0.203. The van der Waals surface area contributed by atoms with Crippen molar-refractivity contribution in [1.82, 2.24) is 10.6 Å². The van der Waals surface area contributed by atoms with E-state index in [4.69, 9.17) is 0 Å². The van der Waals surface area contributed by atoms with Gasteiger partial charge in [0.1, 0.15) is 11.6 Å². The Balaban J connectivity index is 1.27. The summed E-state index contributed by atoms with van der Waals surface area (Å²) in [6.07, 6.45) is 7.66. The van der Waals surface area contributed by atoms with Crippen molar-refractivity contribution in [3.63, 3.8) is 0 Å². The summed E-state index contributed by atoms with van der Waals surface area (Å²) in [6, 6.07) is 2.75. The molecule has 1 aromatic carbocycles. The van der Waals surface area contributed by atoms with Gasteiger partial charge in [-0.15, -0.1) is 0 Å². The standard InChI is InChI=1S/C20H24F2N2O2/c21-15-1-2-16(17(22)6-15)19(26)23-10-18(25)24-11-20-7-12-3-13(8-20)5-14(4-12)9-20/h1-2,6,12-14H,3-5,7-11H2,(H,23,26)(H,24,25). The summed E-state index contributed by atoms with van der Waals surface area (Å²) < 4.78 is 26.5. The monoisotopic (exact) mass is 362 g/mol. The molecule has 4 nitrogen and oxygen atoms in total. The summed E-state index contributed by atoms with van der Waals surface area (Å²) >= 11 is 0. The summed E-state index contributed by atoms with van der Waals surface area (Å²) in [4.78, 5) is 24.1. The summed E-state index contributed by atoms with van der Waals surface area (Å²) in [5, 5.41) is 5.37. The minimum atomic E-state index is -0.934. The lowest BCUT2D eigenvalue weighted by Crippen LogP contribution is -2.52. The molecule has 0 radical (unpaired) electrons. The number of halogens is 2. The molecule has 4 bridgehead atoms. The highest BCUT2D eigenvalue weighted by atomic mass is 19.1. The SMILES string of the molecule is O=C(CNC(=O)c1ccc(F)cc1F)NCC12CC3CC(CC(C3)C1)C2. The lowest BCUT2D eigenvalue weighted by Gasteiger charge is -2.56. The van der Waals surface area contributed by atoms with Gasteiger partial charge in [0.05, 0.1) is 12.1 Å². The number of hydrogen-bond acceptors (Lipinski definition) is 2. The highest BCUT2D eigenvalue weighted by Gasteiger charge is 2.50. The largest absolute Gasteiger partial charge is 0.354 e. The van der Waals surface area contributed by atoms with Gasteiger partial charge in [0.25, 0.3) is 5.91 Å². The van der Waals surface area contributed by atoms with E-state index in [2.05, 4.69) is 10.6 Å². The van der Waals surface area contributed by atoms with Crippen molar-refractivity contribution in [3.8, 4) is 0 Å². The van der Waals surface area contributed by atoms with Gasteiger partial charge in [-0.1, -0.05) is 0 Å². The Labute approximate surface area is 151 Å². The normalized spacial score (nSPS) is 31.7. The molecule has 4 aliphatic rings. The zero-order valence-electron chi connectivity index (χ0n) is 14.7. The fourth-order valence-corrected chi connectivity index (χ4v) is 5.78. The fourth-order valence-electron chi connectivity index (χ4n) is 5.78. The van der Waals surface area contributed by atoms with Crippen LogP contribution in [0.1, 0.15) is 48.9 Å². The van der Waals surface area contributed by atoms with Crippen LogP contribution in [-0.2, 0) is 4.79 Å². The van der Waals surface area contributed by atoms with Crippen molar-refractivity contribution in [2.75, 3.05) is 13.1 Å². The first-order chi connectivity index (χ1) is 12.4. The molecule has 0 spiro atoms. The second-order valence-corrected chi connectivity index (χ2v) is 8.50. The van der Waals surface area contributed by atoms with Crippen LogP contribution in [0.5, 0.6) is 0 Å². The molecule has 5 rings (SSSR count). The highest BCUT2D eigenvalue weighted by Crippen LogP contribution is 2.59. The van der Waals surface area contributed by atoms with Crippen LogP contribution in [0.3, 0.4) is 0 Å². The van der Waals surface area contributed by atoms with E-state index >= 15 is 0 Å². The smallest absolute Gasteiger partial charge is 0.254 e. The van der Waals surface area contributed by atoms with Gasteiger partial charge in [0.15, 0.2) is 0 Å². The van der Waals surface area contributed by atoms with Gasteiger partial charge in [0.2, 0.25) is 5.91 Å². The Morgan fingerprint density at radius 2 is 1.62 bits per heavy atom. The Kier molecular flexibility index (Phi) is 4.45. The third-order valence-corrected chi connectivity index (χ3v) is 6.41. The number of carbonyl (C=O) groups excluding carboxylic acids is 2. The predicted molar refractivity (Wildman–Crippen MR) is 92.3 cm³/mol. The molecule has 4 saturated carbocycles. The molecule has 2 amide bonds. The van der Waals surface area contributed by atoms with Gasteiger partial charge >= 0.3 is 0 Å². The van der Waals surface area contributed by atoms with Gasteiger partial charge in [0, 0.05) is 12.6 Å². The van der Waals surface area contributed by atoms with Crippen LogP contribution < -0.4 is 10.6 Å².